The van der Waals surface area contributed by atoms with Crippen molar-refractivity contribution < 1.29 is 14.9 Å². The van der Waals surface area contributed by atoms with Crippen LogP contribution in [0, 0.1) is 0 Å². The molecule has 3 atom stereocenters. The SMILES string of the molecule is OC[C@H]1OC(c2ccc3nc4ccccc4cc3c2)C[C@@H]1O. The summed E-state index contributed by atoms with van der Waals surface area (Å²) in [5, 5.41) is 21.2. The smallest absolute Gasteiger partial charge is 0.107 e. The van der Waals surface area contributed by atoms with Gasteiger partial charge in [0.25, 0.3) is 0 Å². The summed E-state index contributed by atoms with van der Waals surface area (Å²) in [5.74, 6) is 0. The van der Waals surface area contributed by atoms with Crippen LogP contribution in [0.15, 0.2) is 48.5 Å². The van der Waals surface area contributed by atoms with E-state index in [1.54, 1.807) is 0 Å². The molecule has 0 aliphatic carbocycles. The maximum atomic E-state index is 9.88. The second kappa shape index (κ2) is 5.32. The Morgan fingerprint density at radius 2 is 1.86 bits per heavy atom. The Morgan fingerprint density at radius 1 is 1.05 bits per heavy atom. The summed E-state index contributed by atoms with van der Waals surface area (Å²) in [6.45, 7) is -0.155. The third kappa shape index (κ3) is 2.25. The van der Waals surface area contributed by atoms with E-state index in [-0.39, 0.29) is 12.7 Å². The molecule has 0 bridgehead atoms. The second-order valence-corrected chi connectivity index (χ2v) is 5.78. The molecule has 1 unspecified atom stereocenters. The summed E-state index contributed by atoms with van der Waals surface area (Å²) >= 11 is 0. The van der Waals surface area contributed by atoms with Gasteiger partial charge in [0, 0.05) is 17.2 Å². The minimum atomic E-state index is -0.611. The van der Waals surface area contributed by atoms with Gasteiger partial charge in [0.2, 0.25) is 0 Å². The Labute approximate surface area is 128 Å². The van der Waals surface area contributed by atoms with Crippen LogP contribution in [-0.2, 0) is 4.74 Å². The molecule has 1 saturated heterocycles. The van der Waals surface area contributed by atoms with Gasteiger partial charge in [-0.15, -0.1) is 0 Å². The minimum absolute atomic E-state index is 0.155. The molecule has 0 spiro atoms. The number of pyridine rings is 1. The molecule has 4 rings (SSSR count). The lowest BCUT2D eigenvalue weighted by atomic mass is 10.0. The van der Waals surface area contributed by atoms with Crippen molar-refractivity contribution in [1.29, 1.82) is 0 Å². The number of fused-ring (bicyclic) bond motifs is 2. The minimum Gasteiger partial charge on any atom is -0.394 e. The Bertz CT molecular complexity index is 833. The number of rotatable bonds is 2. The lowest BCUT2D eigenvalue weighted by Gasteiger charge is -2.13. The van der Waals surface area contributed by atoms with Crippen molar-refractivity contribution in [2.24, 2.45) is 0 Å². The van der Waals surface area contributed by atoms with Crippen molar-refractivity contribution in [2.75, 3.05) is 6.61 Å². The number of aliphatic hydroxyl groups is 2. The van der Waals surface area contributed by atoms with Gasteiger partial charge in [0.1, 0.15) is 6.10 Å². The zero-order valence-electron chi connectivity index (χ0n) is 12.0. The van der Waals surface area contributed by atoms with Crippen LogP contribution in [0.25, 0.3) is 21.8 Å². The number of hydrogen-bond acceptors (Lipinski definition) is 4. The van der Waals surface area contributed by atoms with Crippen molar-refractivity contribution in [3.05, 3.63) is 54.1 Å². The van der Waals surface area contributed by atoms with E-state index in [4.69, 9.17) is 4.74 Å². The standard InChI is InChI=1S/C18H17NO3/c20-10-18-16(21)9-17(22-18)12-5-6-15-13(8-12)7-11-3-1-2-4-14(11)19-15/h1-8,16-18,20-21H,9-10H2/t16-,17?,18+/m0/s1. The van der Waals surface area contributed by atoms with Crippen LogP contribution < -0.4 is 0 Å². The highest BCUT2D eigenvalue weighted by Gasteiger charge is 2.34. The number of aromatic nitrogens is 1. The predicted molar refractivity (Wildman–Crippen MR) is 84.6 cm³/mol. The molecule has 2 aromatic carbocycles. The predicted octanol–water partition coefficient (Wildman–Crippen LogP) is 2.57. The highest BCUT2D eigenvalue weighted by atomic mass is 16.5. The van der Waals surface area contributed by atoms with E-state index in [1.807, 2.05) is 36.4 Å². The average molecular weight is 295 g/mol. The van der Waals surface area contributed by atoms with E-state index in [2.05, 4.69) is 17.1 Å². The van der Waals surface area contributed by atoms with Gasteiger partial charge >= 0.3 is 0 Å². The molecule has 0 radical (unpaired) electrons. The fourth-order valence-corrected chi connectivity index (χ4v) is 3.11. The Kier molecular flexibility index (Phi) is 3.30. The van der Waals surface area contributed by atoms with Crippen LogP contribution in [0.3, 0.4) is 0 Å². The summed E-state index contributed by atoms with van der Waals surface area (Å²) in [7, 11) is 0. The highest BCUT2D eigenvalue weighted by molar-refractivity contribution is 5.92. The Balaban J connectivity index is 1.75. The maximum Gasteiger partial charge on any atom is 0.107 e. The summed E-state index contributed by atoms with van der Waals surface area (Å²) in [6, 6.07) is 16.2. The first-order chi connectivity index (χ1) is 10.7. The summed E-state index contributed by atoms with van der Waals surface area (Å²) in [5.41, 5.74) is 2.94. The molecule has 1 aliphatic rings. The van der Waals surface area contributed by atoms with Crippen LogP contribution >= 0.6 is 0 Å². The largest absolute Gasteiger partial charge is 0.394 e. The molecule has 22 heavy (non-hydrogen) atoms. The van der Waals surface area contributed by atoms with Gasteiger partial charge in [0.15, 0.2) is 0 Å². The third-order valence-corrected chi connectivity index (χ3v) is 4.32. The molecular weight excluding hydrogens is 278 g/mol. The molecule has 4 heteroatoms. The van der Waals surface area contributed by atoms with Crippen LogP contribution in [0.1, 0.15) is 18.1 Å². The van der Waals surface area contributed by atoms with Crippen LogP contribution in [0.4, 0.5) is 0 Å². The molecule has 1 fully saturated rings. The van der Waals surface area contributed by atoms with Crippen molar-refractivity contribution in [3.63, 3.8) is 0 Å². The van der Waals surface area contributed by atoms with E-state index in [9.17, 15) is 10.2 Å². The van der Waals surface area contributed by atoms with Crippen LogP contribution in [-0.4, -0.2) is 34.0 Å². The zero-order valence-corrected chi connectivity index (χ0v) is 12.0. The van der Waals surface area contributed by atoms with E-state index in [0.717, 1.165) is 27.4 Å². The van der Waals surface area contributed by atoms with Crippen LogP contribution in [0.5, 0.6) is 0 Å². The van der Waals surface area contributed by atoms with E-state index in [1.165, 1.54) is 0 Å². The van der Waals surface area contributed by atoms with Gasteiger partial charge in [0.05, 0.1) is 29.8 Å². The molecular formula is C18H17NO3. The normalized spacial score (nSPS) is 25.1. The monoisotopic (exact) mass is 295 g/mol. The number of para-hydroxylation sites is 1. The lowest BCUT2D eigenvalue weighted by molar-refractivity contribution is -0.0225. The van der Waals surface area contributed by atoms with Crippen molar-refractivity contribution >= 4 is 21.8 Å². The second-order valence-electron chi connectivity index (χ2n) is 5.78. The van der Waals surface area contributed by atoms with E-state index >= 15 is 0 Å². The number of hydrogen-bond donors (Lipinski definition) is 2. The van der Waals surface area contributed by atoms with Crippen molar-refractivity contribution in [3.8, 4) is 0 Å². The Morgan fingerprint density at radius 3 is 2.68 bits per heavy atom. The molecule has 0 amide bonds. The quantitative estimate of drug-likeness (QED) is 0.713. The van der Waals surface area contributed by atoms with Gasteiger partial charge in [-0.2, -0.15) is 0 Å². The average Bonchev–Trinajstić information content (AvgIpc) is 2.93. The van der Waals surface area contributed by atoms with Crippen molar-refractivity contribution in [1.82, 2.24) is 4.98 Å². The topological polar surface area (TPSA) is 62.6 Å². The third-order valence-electron chi connectivity index (χ3n) is 4.32. The Hall–Kier alpha value is -2.01. The number of benzene rings is 2. The molecule has 2 N–H and O–H groups in total. The van der Waals surface area contributed by atoms with Gasteiger partial charge in [-0.1, -0.05) is 24.3 Å². The van der Waals surface area contributed by atoms with Gasteiger partial charge in [-0.25, -0.2) is 4.98 Å². The maximum absolute atomic E-state index is 9.88. The molecule has 2 heterocycles. The molecule has 1 aromatic heterocycles. The lowest BCUT2D eigenvalue weighted by Crippen LogP contribution is -2.24. The van der Waals surface area contributed by atoms with Gasteiger partial charge in [-0.3, -0.25) is 0 Å². The van der Waals surface area contributed by atoms with E-state index in [0.29, 0.717) is 6.42 Å². The number of nitrogens with zero attached hydrogens (tertiary/aromatic N) is 1. The summed E-state index contributed by atoms with van der Waals surface area (Å²) in [6.07, 6.45) is -0.767. The zero-order chi connectivity index (χ0) is 15.1. The number of aliphatic hydroxyl groups excluding tert-OH is 2. The molecule has 112 valence electrons. The fourth-order valence-electron chi connectivity index (χ4n) is 3.11. The first kappa shape index (κ1) is 13.6. The molecule has 3 aromatic rings. The first-order valence-electron chi connectivity index (χ1n) is 7.48. The molecule has 1 aliphatic heterocycles. The summed E-state index contributed by atoms with van der Waals surface area (Å²) < 4.78 is 5.72. The van der Waals surface area contributed by atoms with Crippen molar-refractivity contribution in [2.45, 2.75) is 24.7 Å². The first-order valence-corrected chi connectivity index (χ1v) is 7.48. The van der Waals surface area contributed by atoms with E-state index < -0.39 is 12.2 Å². The fraction of sp³-hybridized carbons (Fsp3) is 0.278. The van der Waals surface area contributed by atoms with Crippen LogP contribution in [0.2, 0.25) is 0 Å². The highest BCUT2D eigenvalue weighted by Crippen LogP contribution is 2.34. The number of ether oxygens (including phenoxy) is 1. The summed E-state index contributed by atoms with van der Waals surface area (Å²) in [4.78, 5) is 4.66. The van der Waals surface area contributed by atoms with Gasteiger partial charge < -0.3 is 14.9 Å². The molecule has 0 saturated carbocycles. The van der Waals surface area contributed by atoms with Gasteiger partial charge in [-0.05, 0) is 29.8 Å². The molecule has 4 nitrogen and oxygen atoms in total.